The molecule has 1 atom stereocenters. The largest absolute Gasteiger partial charge is 0.330 e. The minimum absolute atomic E-state index is 0.326. The zero-order valence-electron chi connectivity index (χ0n) is 14.0. The lowest BCUT2D eigenvalue weighted by atomic mass is 9.82. The molecule has 24 heavy (non-hydrogen) atoms. The van der Waals surface area contributed by atoms with Crippen LogP contribution in [-0.4, -0.2) is 21.2 Å². The number of hydrogen-bond donors (Lipinski definition) is 1. The Hall–Kier alpha value is -1.85. The minimum atomic E-state index is -3.37. The smallest absolute Gasteiger partial charge is 0.232 e. The average Bonchev–Trinajstić information content (AvgIpc) is 2.58. The van der Waals surface area contributed by atoms with Gasteiger partial charge in [-0.3, -0.25) is 4.31 Å². The van der Waals surface area contributed by atoms with E-state index in [1.165, 1.54) is 16.1 Å². The molecule has 5 heteroatoms. The molecule has 0 fully saturated rings. The van der Waals surface area contributed by atoms with Crippen molar-refractivity contribution in [1.29, 1.82) is 0 Å². The van der Waals surface area contributed by atoms with Crippen LogP contribution in [0.5, 0.6) is 0 Å². The Morgan fingerprint density at radius 1 is 1.12 bits per heavy atom. The lowest BCUT2D eigenvalue weighted by Gasteiger charge is -2.31. The van der Waals surface area contributed by atoms with Gasteiger partial charge in [0.25, 0.3) is 0 Å². The van der Waals surface area contributed by atoms with Crippen molar-refractivity contribution in [2.24, 2.45) is 5.73 Å². The van der Waals surface area contributed by atoms with E-state index in [1.54, 1.807) is 0 Å². The predicted molar refractivity (Wildman–Crippen MR) is 98.6 cm³/mol. The first-order chi connectivity index (χ1) is 11.5. The Kier molecular flexibility index (Phi) is 4.92. The van der Waals surface area contributed by atoms with Crippen molar-refractivity contribution in [1.82, 2.24) is 0 Å². The highest BCUT2D eigenvalue weighted by Gasteiger charge is 2.26. The molecule has 1 aliphatic rings. The second-order valence-corrected chi connectivity index (χ2v) is 8.33. The number of rotatable bonds is 5. The van der Waals surface area contributed by atoms with Crippen molar-refractivity contribution < 1.29 is 8.42 Å². The molecule has 0 aromatic heterocycles. The highest BCUT2D eigenvalue weighted by molar-refractivity contribution is 7.92. The van der Waals surface area contributed by atoms with Crippen LogP contribution in [0.15, 0.2) is 48.5 Å². The standard InChI is InChI=1S/C19H24N2O2S/c1-24(22,23)21(14-15-7-3-2-4-8-15)19-12-6-10-17-16(13-20)9-5-11-18(17)19/h2-4,6-8,10,12,16H,5,9,11,13-14,20H2,1H3. The molecule has 0 saturated heterocycles. The summed E-state index contributed by atoms with van der Waals surface area (Å²) in [4.78, 5) is 0. The van der Waals surface area contributed by atoms with Crippen molar-refractivity contribution >= 4 is 15.7 Å². The van der Waals surface area contributed by atoms with Crippen LogP contribution in [-0.2, 0) is 23.0 Å². The van der Waals surface area contributed by atoms with Gasteiger partial charge in [0, 0.05) is 0 Å². The summed E-state index contributed by atoms with van der Waals surface area (Å²) in [6.07, 6.45) is 4.31. The fourth-order valence-corrected chi connectivity index (χ4v) is 4.45. The highest BCUT2D eigenvalue weighted by atomic mass is 32.2. The maximum absolute atomic E-state index is 12.5. The van der Waals surface area contributed by atoms with Crippen LogP contribution in [0.2, 0.25) is 0 Å². The van der Waals surface area contributed by atoms with E-state index in [-0.39, 0.29) is 0 Å². The molecule has 0 bridgehead atoms. The van der Waals surface area contributed by atoms with Crippen molar-refractivity contribution in [2.45, 2.75) is 31.7 Å². The van der Waals surface area contributed by atoms with Gasteiger partial charge in [0.05, 0.1) is 18.5 Å². The van der Waals surface area contributed by atoms with E-state index in [1.807, 2.05) is 42.5 Å². The summed E-state index contributed by atoms with van der Waals surface area (Å²) in [7, 11) is -3.37. The van der Waals surface area contributed by atoms with Crippen LogP contribution >= 0.6 is 0 Å². The summed E-state index contributed by atoms with van der Waals surface area (Å²) < 4.78 is 26.5. The maximum Gasteiger partial charge on any atom is 0.232 e. The van der Waals surface area contributed by atoms with Gasteiger partial charge in [-0.2, -0.15) is 0 Å². The molecular formula is C19H24N2O2S. The van der Waals surface area contributed by atoms with Gasteiger partial charge in [-0.15, -0.1) is 0 Å². The fourth-order valence-electron chi connectivity index (χ4n) is 3.54. The molecule has 0 radical (unpaired) electrons. The number of sulfonamides is 1. The van der Waals surface area contributed by atoms with Crippen LogP contribution in [0.4, 0.5) is 5.69 Å². The van der Waals surface area contributed by atoms with Crippen LogP contribution in [0.1, 0.15) is 35.4 Å². The topological polar surface area (TPSA) is 63.4 Å². The molecule has 3 rings (SSSR count). The molecule has 1 unspecified atom stereocenters. The number of anilines is 1. The number of fused-ring (bicyclic) bond motifs is 1. The molecule has 2 N–H and O–H groups in total. The summed E-state index contributed by atoms with van der Waals surface area (Å²) in [6.45, 7) is 0.956. The lowest BCUT2D eigenvalue weighted by Crippen LogP contribution is -2.31. The molecule has 4 nitrogen and oxygen atoms in total. The Morgan fingerprint density at radius 2 is 1.88 bits per heavy atom. The third-order valence-electron chi connectivity index (χ3n) is 4.73. The van der Waals surface area contributed by atoms with E-state index < -0.39 is 10.0 Å². The third kappa shape index (κ3) is 3.47. The van der Waals surface area contributed by atoms with Crippen LogP contribution < -0.4 is 10.0 Å². The molecule has 128 valence electrons. The van der Waals surface area contributed by atoms with Crippen molar-refractivity contribution in [2.75, 3.05) is 17.1 Å². The molecule has 0 saturated carbocycles. The molecule has 0 spiro atoms. The first kappa shape index (κ1) is 17.0. The van der Waals surface area contributed by atoms with Crippen molar-refractivity contribution in [3.05, 3.63) is 65.2 Å². The molecular weight excluding hydrogens is 320 g/mol. The van der Waals surface area contributed by atoms with Crippen LogP contribution in [0.25, 0.3) is 0 Å². The average molecular weight is 344 g/mol. The molecule has 0 aliphatic heterocycles. The molecule has 0 amide bonds. The molecule has 2 aromatic carbocycles. The number of hydrogen-bond acceptors (Lipinski definition) is 3. The fraction of sp³-hybridized carbons (Fsp3) is 0.368. The van der Waals surface area contributed by atoms with E-state index in [4.69, 9.17) is 5.73 Å². The predicted octanol–water partition coefficient (Wildman–Crippen LogP) is 3.03. The number of benzene rings is 2. The number of nitrogens with zero attached hydrogens (tertiary/aromatic N) is 1. The quantitative estimate of drug-likeness (QED) is 0.907. The summed E-state index contributed by atoms with van der Waals surface area (Å²) in [5.41, 5.74) is 10.1. The second-order valence-electron chi connectivity index (χ2n) is 6.43. The third-order valence-corrected chi connectivity index (χ3v) is 5.86. The highest BCUT2D eigenvalue weighted by Crippen LogP contribution is 2.37. The van der Waals surface area contributed by atoms with E-state index in [0.717, 1.165) is 36.1 Å². The lowest BCUT2D eigenvalue weighted by molar-refractivity contribution is 0.559. The Labute approximate surface area is 144 Å². The first-order valence-corrected chi connectivity index (χ1v) is 10.2. The Bertz CT molecular complexity index is 803. The van der Waals surface area contributed by atoms with Crippen molar-refractivity contribution in [3.8, 4) is 0 Å². The van der Waals surface area contributed by atoms with Gasteiger partial charge in [0.1, 0.15) is 0 Å². The minimum Gasteiger partial charge on any atom is -0.330 e. The summed E-state index contributed by atoms with van der Waals surface area (Å²) in [6, 6.07) is 15.7. The summed E-state index contributed by atoms with van der Waals surface area (Å²) in [5.74, 6) is 0.326. The van der Waals surface area contributed by atoms with Gasteiger partial charge >= 0.3 is 0 Å². The van der Waals surface area contributed by atoms with Gasteiger partial charge in [-0.1, -0.05) is 42.5 Å². The Morgan fingerprint density at radius 3 is 2.54 bits per heavy atom. The van der Waals surface area contributed by atoms with Crippen LogP contribution in [0, 0.1) is 0 Å². The van der Waals surface area contributed by atoms with Gasteiger partial charge in [-0.25, -0.2) is 8.42 Å². The second kappa shape index (κ2) is 6.95. The van der Waals surface area contributed by atoms with Gasteiger partial charge < -0.3 is 5.73 Å². The van der Waals surface area contributed by atoms with Crippen molar-refractivity contribution in [3.63, 3.8) is 0 Å². The zero-order valence-corrected chi connectivity index (χ0v) is 14.8. The van der Waals surface area contributed by atoms with E-state index >= 15 is 0 Å². The van der Waals surface area contributed by atoms with Gasteiger partial charge in [-0.05, 0) is 54.5 Å². The van der Waals surface area contributed by atoms with E-state index in [0.29, 0.717) is 19.0 Å². The van der Waals surface area contributed by atoms with Gasteiger partial charge in [0.2, 0.25) is 10.0 Å². The maximum atomic E-state index is 12.5. The SMILES string of the molecule is CS(=O)(=O)N(Cc1ccccc1)c1cccc2c1CCCC2CN. The zero-order chi connectivity index (χ0) is 17.2. The molecule has 2 aromatic rings. The Balaban J connectivity index is 2.06. The van der Waals surface area contributed by atoms with E-state index in [9.17, 15) is 8.42 Å². The normalized spacial score (nSPS) is 17.3. The first-order valence-electron chi connectivity index (χ1n) is 8.34. The van der Waals surface area contributed by atoms with Crippen LogP contribution in [0.3, 0.4) is 0 Å². The number of nitrogens with two attached hydrogens (primary N) is 1. The summed E-state index contributed by atoms with van der Waals surface area (Å²) >= 11 is 0. The summed E-state index contributed by atoms with van der Waals surface area (Å²) in [5, 5.41) is 0. The van der Waals surface area contributed by atoms with Gasteiger partial charge in [0.15, 0.2) is 0 Å². The van der Waals surface area contributed by atoms with E-state index in [2.05, 4.69) is 6.07 Å². The molecule has 1 aliphatic carbocycles. The molecule has 0 heterocycles. The monoisotopic (exact) mass is 344 g/mol.